The Kier molecular flexibility index (Phi) is 7.85. The lowest BCUT2D eigenvalue weighted by Gasteiger charge is -2.29. The van der Waals surface area contributed by atoms with Crippen LogP contribution in [0, 0.1) is 0 Å². The van der Waals surface area contributed by atoms with E-state index >= 15 is 0 Å². The van der Waals surface area contributed by atoms with E-state index in [0.29, 0.717) is 19.4 Å². The zero-order chi connectivity index (χ0) is 12.6. The van der Waals surface area contributed by atoms with Crippen LogP contribution in [0.2, 0.25) is 0 Å². The standard InChI is InChI=1S/C12H23NO3/c1-5-13(6-2)11(16-7-3)9-8-10(4)12(14)15/h11H,4-9H2,1-3H3,(H,14,15). The molecule has 0 amide bonds. The first-order chi connectivity index (χ1) is 7.56. The molecule has 0 bridgehead atoms. The summed E-state index contributed by atoms with van der Waals surface area (Å²) in [5.74, 6) is -0.921. The van der Waals surface area contributed by atoms with Gasteiger partial charge in [0.15, 0.2) is 0 Å². The van der Waals surface area contributed by atoms with Crippen molar-refractivity contribution in [2.75, 3.05) is 19.7 Å². The molecule has 94 valence electrons. The second kappa shape index (κ2) is 8.30. The second-order valence-corrected chi connectivity index (χ2v) is 3.58. The van der Waals surface area contributed by atoms with E-state index in [1.807, 2.05) is 6.92 Å². The van der Waals surface area contributed by atoms with Gasteiger partial charge < -0.3 is 9.84 Å². The van der Waals surface area contributed by atoms with Crippen LogP contribution in [-0.2, 0) is 9.53 Å². The molecule has 1 unspecified atom stereocenters. The molecule has 0 spiro atoms. The number of ether oxygens (including phenoxy) is 1. The molecule has 0 aliphatic rings. The smallest absolute Gasteiger partial charge is 0.330 e. The molecule has 0 aliphatic heterocycles. The van der Waals surface area contributed by atoms with Gasteiger partial charge in [0.25, 0.3) is 0 Å². The maximum atomic E-state index is 10.6. The van der Waals surface area contributed by atoms with Gasteiger partial charge in [0.05, 0.1) is 0 Å². The van der Waals surface area contributed by atoms with Gasteiger partial charge in [-0.15, -0.1) is 0 Å². The lowest BCUT2D eigenvalue weighted by Crippen LogP contribution is -2.37. The summed E-state index contributed by atoms with van der Waals surface area (Å²) in [6.45, 7) is 12.1. The molecule has 0 aromatic carbocycles. The Morgan fingerprint density at radius 2 is 1.94 bits per heavy atom. The van der Waals surface area contributed by atoms with Crippen molar-refractivity contribution in [2.24, 2.45) is 0 Å². The lowest BCUT2D eigenvalue weighted by molar-refractivity contribution is -0.133. The highest BCUT2D eigenvalue weighted by Crippen LogP contribution is 2.12. The number of nitrogens with zero attached hydrogens (tertiary/aromatic N) is 1. The third-order valence-electron chi connectivity index (χ3n) is 2.57. The van der Waals surface area contributed by atoms with Gasteiger partial charge in [-0.2, -0.15) is 0 Å². The van der Waals surface area contributed by atoms with Gasteiger partial charge in [0.2, 0.25) is 0 Å². The molecule has 1 N–H and O–H groups in total. The van der Waals surface area contributed by atoms with E-state index in [9.17, 15) is 4.79 Å². The summed E-state index contributed by atoms with van der Waals surface area (Å²) in [7, 11) is 0. The first kappa shape index (κ1) is 15.1. The van der Waals surface area contributed by atoms with E-state index in [0.717, 1.165) is 13.1 Å². The Morgan fingerprint density at radius 3 is 2.31 bits per heavy atom. The Morgan fingerprint density at radius 1 is 1.38 bits per heavy atom. The summed E-state index contributed by atoms with van der Waals surface area (Å²) < 4.78 is 5.61. The van der Waals surface area contributed by atoms with Crippen LogP contribution in [-0.4, -0.2) is 41.9 Å². The van der Waals surface area contributed by atoms with Crippen molar-refractivity contribution in [3.8, 4) is 0 Å². The summed E-state index contributed by atoms with van der Waals surface area (Å²) in [4.78, 5) is 12.8. The van der Waals surface area contributed by atoms with Gasteiger partial charge in [0.1, 0.15) is 6.23 Å². The van der Waals surface area contributed by atoms with Crippen molar-refractivity contribution in [1.82, 2.24) is 4.90 Å². The van der Waals surface area contributed by atoms with Crippen molar-refractivity contribution < 1.29 is 14.6 Å². The van der Waals surface area contributed by atoms with Gasteiger partial charge >= 0.3 is 5.97 Å². The van der Waals surface area contributed by atoms with E-state index in [2.05, 4.69) is 25.3 Å². The maximum absolute atomic E-state index is 10.6. The molecular formula is C12H23NO3. The predicted octanol–water partition coefficient (Wildman–Crippen LogP) is 2.11. The minimum absolute atomic E-state index is 0.00361. The molecule has 16 heavy (non-hydrogen) atoms. The maximum Gasteiger partial charge on any atom is 0.330 e. The molecule has 4 heteroatoms. The van der Waals surface area contributed by atoms with Crippen molar-refractivity contribution in [1.29, 1.82) is 0 Å². The van der Waals surface area contributed by atoms with Gasteiger partial charge in [0, 0.05) is 12.2 Å². The van der Waals surface area contributed by atoms with E-state index in [4.69, 9.17) is 9.84 Å². The SMILES string of the molecule is C=C(CCC(OCC)N(CC)CC)C(=O)O. The molecule has 0 fully saturated rings. The number of aliphatic carboxylic acids is 1. The van der Waals surface area contributed by atoms with Crippen molar-refractivity contribution in [3.05, 3.63) is 12.2 Å². The van der Waals surface area contributed by atoms with Crippen molar-refractivity contribution >= 4 is 5.97 Å². The summed E-state index contributed by atoms with van der Waals surface area (Å²) in [6.07, 6.45) is 1.15. The third-order valence-corrected chi connectivity index (χ3v) is 2.57. The van der Waals surface area contributed by atoms with Crippen LogP contribution in [0.1, 0.15) is 33.6 Å². The minimum atomic E-state index is -0.921. The zero-order valence-corrected chi connectivity index (χ0v) is 10.5. The number of carbonyl (C=O) groups is 1. The fourth-order valence-electron chi connectivity index (χ4n) is 1.60. The largest absolute Gasteiger partial charge is 0.478 e. The predicted molar refractivity (Wildman–Crippen MR) is 64.3 cm³/mol. The quantitative estimate of drug-likeness (QED) is 0.486. The number of carboxylic acids is 1. The molecule has 0 saturated carbocycles. The zero-order valence-electron chi connectivity index (χ0n) is 10.5. The van der Waals surface area contributed by atoms with E-state index in [1.165, 1.54) is 0 Å². The molecular weight excluding hydrogens is 206 g/mol. The molecule has 0 aliphatic carbocycles. The molecule has 0 aromatic rings. The fourth-order valence-corrected chi connectivity index (χ4v) is 1.60. The number of carboxylic acid groups (broad SMARTS) is 1. The highest BCUT2D eigenvalue weighted by atomic mass is 16.5. The number of hydrogen-bond donors (Lipinski definition) is 1. The van der Waals surface area contributed by atoms with Crippen LogP contribution in [0.25, 0.3) is 0 Å². The highest BCUT2D eigenvalue weighted by Gasteiger charge is 2.16. The van der Waals surface area contributed by atoms with Crippen LogP contribution < -0.4 is 0 Å². The molecule has 0 heterocycles. The average molecular weight is 229 g/mol. The van der Waals surface area contributed by atoms with E-state index in [1.54, 1.807) is 0 Å². The minimum Gasteiger partial charge on any atom is -0.478 e. The molecule has 0 rings (SSSR count). The topological polar surface area (TPSA) is 49.8 Å². The summed E-state index contributed by atoms with van der Waals surface area (Å²) in [5.41, 5.74) is 0.247. The summed E-state index contributed by atoms with van der Waals surface area (Å²) in [6, 6.07) is 0. The number of rotatable bonds is 9. The molecule has 0 radical (unpaired) electrons. The van der Waals surface area contributed by atoms with E-state index in [-0.39, 0.29) is 11.8 Å². The van der Waals surface area contributed by atoms with Gasteiger partial charge in [-0.25, -0.2) is 4.79 Å². The first-order valence-electron chi connectivity index (χ1n) is 5.83. The van der Waals surface area contributed by atoms with Crippen molar-refractivity contribution in [3.63, 3.8) is 0 Å². The average Bonchev–Trinajstić information content (AvgIpc) is 2.26. The Balaban J connectivity index is 4.21. The summed E-state index contributed by atoms with van der Waals surface area (Å²) in [5, 5.41) is 8.72. The normalized spacial score (nSPS) is 12.8. The second-order valence-electron chi connectivity index (χ2n) is 3.58. The van der Waals surface area contributed by atoms with Crippen LogP contribution in [0.3, 0.4) is 0 Å². The van der Waals surface area contributed by atoms with Crippen LogP contribution in [0.5, 0.6) is 0 Å². The lowest BCUT2D eigenvalue weighted by atomic mass is 10.1. The third kappa shape index (κ3) is 5.28. The molecule has 1 atom stereocenters. The first-order valence-corrected chi connectivity index (χ1v) is 5.83. The van der Waals surface area contributed by atoms with Crippen LogP contribution in [0.4, 0.5) is 0 Å². The van der Waals surface area contributed by atoms with Crippen LogP contribution in [0.15, 0.2) is 12.2 Å². The Hall–Kier alpha value is -0.870. The molecule has 4 nitrogen and oxygen atoms in total. The van der Waals surface area contributed by atoms with E-state index < -0.39 is 5.97 Å². The Labute approximate surface area is 97.9 Å². The van der Waals surface area contributed by atoms with Gasteiger partial charge in [-0.05, 0) is 32.9 Å². The summed E-state index contributed by atoms with van der Waals surface area (Å²) >= 11 is 0. The highest BCUT2D eigenvalue weighted by molar-refractivity contribution is 5.85. The number of hydrogen-bond acceptors (Lipinski definition) is 3. The molecule has 0 saturated heterocycles. The van der Waals surface area contributed by atoms with Crippen molar-refractivity contribution in [2.45, 2.75) is 39.8 Å². The Bertz CT molecular complexity index is 224. The fraction of sp³-hybridized carbons (Fsp3) is 0.750. The van der Waals surface area contributed by atoms with Gasteiger partial charge in [-0.1, -0.05) is 20.4 Å². The molecule has 0 aromatic heterocycles. The van der Waals surface area contributed by atoms with Crippen LogP contribution >= 0.6 is 0 Å². The van der Waals surface area contributed by atoms with Gasteiger partial charge in [-0.3, -0.25) is 4.90 Å². The monoisotopic (exact) mass is 229 g/mol.